The maximum atomic E-state index is 12.5. The molecular weight excluding hydrogens is 424 g/mol. The highest BCUT2D eigenvalue weighted by molar-refractivity contribution is 7.99. The highest BCUT2D eigenvalue weighted by atomic mass is 32.2. The third-order valence-electron chi connectivity index (χ3n) is 4.74. The Bertz CT molecular complexity index is 1260. The Morgan fingerprint density at radius 3 is 2.62 bits per heavy atom. The summed E-state index contributed by atoms with van der Waals surface area (Å²) in [5, 5.41) is 22.4. The van der Waals surface area contributed by atoms with Crippen molar-refractivity contribution in [3.63, 3.8) is 0 Å². The van der Waals surface area contributed by atoms with Crippen LogP contribution in [-0.2, 0) is 4.79 Å². The molecule has 1 amide bonds. The van der Waals surface area contributed by atoms with Crippen molar-refractivity contribution in [1.29, 1.82) is 0 Å². The van der Waals surface area contributed by atoms with Crippen molar-refractivity contribution in [2.24, 2.45) is 0 Å². The number of aromatic nitrogens is 3. The van der Waals surface area contributed by atoms with Crippen molar-refractivity contribution in [3.05, 3.63) is 78.4 Å². The second-order valence-electron chi connectivity index (χ2n) is 7.04. The van der Waals surface area contributed by atoms with Crippen LogP contribution in [0.1, 0.15) is 5.56 Å². The maximum Gasteiger partial charge on any atom is 0.234 e. The summed E-state index contributed by atoms with van der Waals surface area (Å²) in [6, 6.07) is 22.0. The first-order valence-electron chi connectivity index (χ1n) is 9.93. The number of phenols is 1. The molecule has 32 heavy (non-hydrogen) atoms. The second kappa shape index (κ2) is 9.57. The summed E-state index contributed by atoms with van der Waals surface area (Å²) in [6.45, 7) is 1.97. The van der Waals surface area contributed by atoms with Crippen LogP contribution in [0.3, 0.4) is 0 Å². The Balaban J connectivity index is 1.66. The number of para-hydroxylation sites is 3. The van der Waals surface area contributed by atoms with E-state index in [1.54, 1.807) is 29.9 Å². The molecule has 0 saturated carbocycles. The maximum absolute atomic E-state index is 12.5. The molecule has 0 aliphatic rings. The smallest absolute Gasteiger partial charge is 0.234 e. The van der Waals surface area contributed by atoms with E-state index in [0.29, 0.717) is 28.0 Å². The Kier molecular flexibility index (Phi) is 6.42. The molecule has 0 radical (unpaired) electrons. The number of rotatable bonds is 7. The molecule has 3 aromatic carbocycles. The van der Waals surface area contributed by atoms with E-state index < -0.39 is 0 Å². The molecule has 0 aliphatic carbocycles. The highest BCUT2D eigenvalue weighted by Gasteiger charge is 2.21. The first-order chi connectivity index (χ1) is 15.6. The van der Waals surface area contributed by atoms with Gasteiger partial charge in [0.1, 0.15) is 11.5 Å². The number of benzene rings is 3. The lowest BCUT2D eigenvalue weighted by Crippen LogP contribution is -2.14. The zero-order chi connectivity index (χ0) is 22.5. The van der Waals surface area contributed by atoms with E-state index in [4.69, 9.17) is 4.74 Å². The highest BCUT2D eigenvalue weighted by Crippen LogP contribution is 2.35. The van der Waals surface area contributed by atoms with Gasteiger partial charge in [0.25, 0.3) is 0 Å². The van der Waals surface area contributed by atoms with Gasteiger partial charge in [-0.05, 0) is 48.9 Å². The molecule has 4 rings (SSSR count). The summed E-state index contributed by atoms with van der Waals surface area (Å²) in [5.74, 6) is 1.15. The molecule has 0 saturated heterocycles. The standard InChI is InChI=1S/C24H22N4O3S/c1-16-8-7-9-17(14-16)25-22(30)15-32-24-27-26-23(18-10-3-5-12-20(18)29)28(24)19-11-4-6-13-21(19)31-2/h3-14,29H,15H2,1-2H3,(H,25,30). The van der Waals surface area contributed by atoms with Gasteiger partial charge in [-0.3, -0.25) is 9.36 Å². The normalized spacial score (nSPS) is 10.7. The summed E-state index contributed by atoms with van der Waals surface area (Å²) < 4.78 is 7.32. The Hall–Kier alpha value is -3.78. The van der Waals surface area contributed by atoms with Gasteiger partial charge in [0, 0.05) is 5.69 Å². The summed E-state index contributed by atoms with van der Waals surface area (Å²) in [4.78, 5) is 12.5. The number of phenolic OH excluding ortho intramolecular Hbond substituents is 1. The van der Waals surface area contributed by atoms with Crippen LogP contribution in [0.15, 0.2) is 78.0 Å². The van der Waals surface area contributed by atoms with Crippen molar-refractivity contribution >= 4 is 23.4 Å². The fourth-order valence-electron chi connectivity index (χ4n) is 3.28. The molecule has 1 aromatic heterocycles. The van der Waals surface area contributed by atoms with E-state index in [1.165, 1.54) is 11.8 Å². The lowest BCUT2D eigenvalue weighted by molar-refractivity contribution is -0.113. The minimum absolute atomic E-state index is 0.0878. The first kappa shape index (κ1) is 21.5. The van der Waals surface area contributed by atoms with Crippen LogP contribution in [-0.4, -0.2) is 38.6 Å². The Labute approximate surface area is 190 Å². The van der Waals surface area contributed by atoms with Gasteiger partial charge in [-0.25, -0.2) is 0 Å². The predicted molar refractivity (Wildman–Crippen MR) is 126 cm³/mol. The number of thioether (sulfide) groups is 1. The van der Waals surface area contributed by atoms with Crippen molar-refractivity contribution in [3.8, 4) is 28.6 Å². The van der Waals surface area contributed by atoms with Gasteiger partial charge in [-0.15, -0.1) is 10.2 Å². The minimum Gasteiger partial charge on any atom is -0.507 e. The average molecular weight is 447 g/mol. The third kappa shape index (κ3) is 4.60. The van der Waals surface area contributed by atoms with Gasteiger partial charge in [0.2, 0.25) is 5.91 Å². The van der Waals surface area contributed by atoms with E-state index >= 15 is 0 Å². The zero-order valence-corrected chi connectivity index (χ0v) is 18.5. The molecule has 8 heteroatoms. The lowest BCUT2D eigenvalue weighted by Gasteiger charge is -2.14. The summed E-state index contributed by atoms with van der Waals surface area (Å²) >= 11 is 1.25. The number of aromatic hydroxyl groups is 1. The molecule has 0 unspecified atom stereocenters. The van der Waals surface area contributed by atoms with Crippen molar-refractivity contribution < 1.29 is 14.6 Å². The van der Waals surface area contributed by atoms with Gasteiger partial charge in [-0.2, -0.15) is 0 Å². The molecule has 7 nitrogen and oxygen atoms in total. The molecular formula is C24H22N4O3S. The molecule has 4 aromatic rings. The third-order valence-corrected chi connectivity index (χ3v) is 5.67. The van der Waals surface area contributed by atoms with Gasteiger partial charge in [-0.1, -0.05) is 48.2 Å². The van der Waals surface area contributed by atoms with Crippen LogP contribution in [0.5, 0.6) is 11.5 Å². The number of carbonyl (C=O) groups excluding carboxylic acids is 1. The quantitative estimate of drug-likeness (QED) is 0.401. The Morgan fingerprint density at radius 2 is 1.84 bits per heavy atom. The van der Waals surface area contributed by atoms with E-state index in [9.17, 15) is 9.90 Å². The fraction of sp³-hybridized carbons (Fsp3) is 0.125. The number of amides is 1. The largest absolute Gasteiger partial charge is 0.507 e. The van der Waals surface area contributed by atoms with E-state index in [2.05, 4.69) is 15.5 Å². The van der Waals surface area contributed by atoms with Crippen LogP contribution >= 0.6 is 11.8 Å². The van der Waals surface area contributed by atoms with E-state index in [1.807, 2.05) is 61.5 Å². The van der Waals surface area contributed by atoms with E-state index in [-0.39, 0.29) is 17.4 Å². The van der Waals surface area contributed by atoms with Gasteiger partial charge in [0.15, 0.2) is 11.0 Å². The van der Waals surface area contributed by atoms with Gasteiger partial charge in [0.05, 0.1) is 24.1 Å². The van der Waals surface area contributed by atoms with Gasteiger partial charge >= 0.3 is 0 Å². The number of hydrogen-bond acceptors (Lipinski definition) is 6. The van der Waals surface area contributed by atoms with Crippen LogP contribution in [0.25, 0.3) is 17.1 Å². The van der Waals surface area contributed by atoms with Crippen molar-refractivity contribution in [2.45, 2.75) is 12.1 Å². The molecule has 2 N–H and O–H groups in total. The zero-order valence-electron chi connectivity index (χ0n) is 17.6. The average Bonchev–Trinajstić information content (AvgIpc) is 3.21. The monoisotopic (exact) mass is 446 g/mol. The number of ether oxygens (including phenoxy) is 1. The van der Waals surface area contributed by atoms with Crippen molar-refractivity contribution in [1.82, 2.24) is 14.8 Å². The number of nitrogens with zero attached hydrogens (tertiary/aromatic N) is 3. The van der Waals surface area contributed by atoms with Crippen molar-refractivity contribution in [2.75, 3.05) is 18.2 Å². The SMILES string of the molecule is COc1ccccc1-n1c(SCC(=O)Nc2cccc(C)c2)nnc1-c1ccccc1O. The number of hydrogen-bond donors (Lipinski definition) is 2. The molecule has 162 valence electrons. The number of anilines is 1. The molecule has 0 atom stereocenters. The second-order valence-corrected chi connectivity index (χ2v) is 7.98. The van der Waals surface area contributed by atoms with Crippen LogP contribution < -0.4 is 10.1 Å². The molecule has 0 spiro atoms. The number of aryl methyl sites for hydroxylation is 1. The summed E-state index contributed by atoms with van der Waals surface area (Å²) in [5.41, 5.74) is 3.05. The van der Waals surface area contributed by atoms with E-state index in [0.717, 1.165) is 11.3 Å². The number of carbonyl (C=O) groups is 1. The molecule has 0 fully saturated rings. The van der Waals surface area contributed by atoms with Gasteiger partial charge < -0.3 is 15.2 Å². The topological polar surface area (TPSA) is 89.3 Å². The molecule has 0 aliphatic heterocycles. The minimum atomic E-state index is -0.153. The number of nitrogens with one attached hydrogen (secondary N) is 1. The molecule has 0 bridgehead atoms. The predicted octanol–water partition coefficient (Wildman–Crippen LogP) is 4.69. The summed E-state index contributed by atoms with van der Waals surface area (Å²) in [6.07, 6.45) is 0. The van der Waals surface area contributed by atoms with Crippen LogP contribution in [0.4, 0.5) is 5.69 Å². The van der Waals surface area contributed by atoms with Crippen LogP contribution in [0, 0.1) is 6.92 Å². The Morgan fingerprint density at radius 1 is 1.06 bits per heavy atom. The lowest BCUT2D eigenvalue weighted by atomic mass is 10.2. The first-order valence-corrected chi connectivity index (χ1v) is 10.9. The molecule has 1 heterocycles. The summed E-state index contributed by atoms with van der Waals surface area (Å²) in [7, 11) is 1.59. The fourth-order valence-corrected chi connectivity index (χ4v) is 4.03. The number of methoxy groups -OCH3 is 1. The van der Waals surface area contributed by atoms with Crippen LogP contribution in [0.2, 0.25) is 0 Å².